The van der Waals surface area contributed by atoms with Gasteiger partial charge in [-0.1, -0.05) is 19.1 Å². The average Bonchev–Trinajstić information content (AvgIpc) is 2.16. The van der Waals surface area contributed by atoms with Gasteiger partial charge < -0.3 is 4.74 Å². The second kappa shape index (κ2) is 4.22. The summed E-state index contributed by atoms with van der Waals surface area (Å²) in [5.74, 6) is 0.984. The molecular formula is C12H15ClO. The standard InChI is InChI=1S/C12H15ClO/c1-2-9-4-3-5-11(6-9)14-12-7-10(13)8-12/h3-6,10,12H,2,7-8H2,1H3. The number of aryl methyl sites for hydroxylation is 1. The Labute approximate surface area is 90.0 Å². The van der Waals surface area contributed by atoms with Gasteiger partial charge in [0.2, 0.25) is 0 Å². The average molecular weight is 211 g/mol. The van der Waals surface area contributed by atoms with E-state index in [4.69, 9.17) is 16.3 Å². The number of hydrogen-bond acceptors (Lipinski definition) is 1. The fourth-order valence-electron chi connectivity index (χ4n) is 1.63. The molecule has 0 unspecified atom stereocenters. The quantitative estimate of drug-likeness (QED) is 0.695. The van der Waals surface area contributed by atoms with E-state index in [1.165, 1.54) is 5.56 Å². The van der Waals surface area contributed by atoms with Crippen molar-refractivity contribution in [2.75, 3.05) is 0 Å². The van der Waals surface area contributed by atoms with Crippen LogP contribution in [0.1, 0.15) is 25.3 Å². The largest absolute Gasteiger partial charge is 0.490 e. The van der Waals surface area contributed by atoms with Crippen molar-refractivity contribution < 1.29 is 4.74 Å². The minimum absolute atomic E-state index is 0.328. The van der Waals surface area contributed by atoms with Gasteiger partial charge in [-0.2, -0.15) is 0 Å². The normalized spacial score (nSPS) is 25.6. The number of ether oxygens (including phenoxy) is 1. The Kier molecular flexibility index (Phi) is 2.97. The molecule has 76 valence electrons. The van der Waals surface area contributed by atoms with E-state index in [-0.39, 0.29) is 0 Å². The SMILES string of the molecule is CCc1cccc(OC2CC(Cl)C2)c1. The van der Waals surface area contributed by atoms with Gasteiger partial charge in [0, 0.05) is 18.2 Å². The molecule has 0 atom stereocenters. The molecule has 0 spiro atoms. The Balaban J connectivity index is 1.95. The lowest BCUT2D eigenvalue weighted by molar-refractivity contribution is 0.124. The molecule has 2 rings (SSSR count). The van der Waals surface area contributed by atoms with Crippen molar-refractivity contribution >= 4 is 11.6 Å². The van der Waals surface area contributed by atoms with Crippen LogP contribution in [0.4, 0.5) is 0 Å². The first-order valence-electron chi connectivity index (χ1n) is 5.17. The minimum Gasteiger partial charge on any atom is -0.490 e. The summed E-state index contributed by atoms with van der Waals surface area (Å²) in [6.07, 6.45) is 3.36. The zero-order valence-corrected chi connectivity index (χ0v) is 9.13. The Morgan fingerprint density at radius 3 is 2.86 bits per heavy atom. The monoisotopic (exact) mass is 210 g/mol. The smallest absolute Gasteiger partial charge is 0.119 e. The predicted octanol–water partition coefficient (Wildman–Crippen LogP) is 3.40. The van der Waals surface area contributed by atoms with E-state index in [1.54, 1.807) is 0 Å². The van der Waals surface area contributed by atoms with Crippen molar-refractivity contribution in [3.05, 3.63) is 29.8 Å². The van der Waals surface area contributed by atoms with Crippen molar-refractivity contribution in [2.45, 2.75) is 37.7 Å². The minimum atomic E-state index is 0.328. The van der Waals surface area contributed by atoms with Crippen LogP contribution < -0.4 is 4.74 Å². The molecule has 1 aliphatic carbocycles. The van der Waals surface area contributed by atoms with E-state index in [0.717, 1.165) is 25.0 Å². The van der Waals surface area contributed by atoms with E-state index in [0.29, 0.717) is 11.5 Å². The van der Waals surface area contributed by atoms with E-state index in [9.17, 15) is 0 Å². The van der Waals surface area contributed by atoms with Gasteiger partial charge in [-0.25, -0.2) is 0 Å². The molecule has 2 heteroatoms. The summed E-state index contributed by atoms with van der Waals surface area (Å²) < 4.78 is 5.78. The van der Waals surface area contributed by atoms with Gasteiger partial charge in [0.1, 0.15) is 11.9 Å². The molecule has 1 aromatic carbocycles. The van der Waals surface area contributed by atoms with E-state index < -0.39 is 0 Å². The predicted molar refractivity (Wildman–Crippen MR) is 59.1 cm³/mol. The molecular weight excluding hydrogens is 196 g/mol. The Morgan fingerprint density at radius 1 is 1.43 bits per heavy atom. The number of halogens is 1. The molecule has 0 bridgehead atoms. The van der Waals surface area contributed by atoms with Crippen LogP contribution in [0, 0.1) is 0 Å². The second-order valence-electron chi connectivity index (χ2n) is 3.81. The van der Waals surface area contributed by atoms with Crippen LogP contribution in [0.5, 0.6) is 5.75 Å². The highest BCUT2D eigenvalue weighted by atomic mass is 35.5. The highest BCUT2D eigenvalue weighted by Gasteiger charge is 2.28. The molecule has 0 saturated heterocycles. The first-order chi connectivity index (χ1) is 6.78. The number of benzene rings is 1. The summed E-state index contributed by atoms with van der Waals surface area (Å²) in [6.45, 7) is 2.15. The molecule has 1 aliphatic rings. The highest BCUT2D eigenvalue weighted by molar-refractivity contribution is 6.21. The fraction of sp³-hybridized carbons (Fsp3) is 0.500. The van der Waals surface area contributed by atoms with Crippen LogP contribution >= 0.6 is 11.6 Å². The zero-order chi connectivity index (χ0) is 9.97. The van der Waals surface area contributed by atoms with Crippen molar-refractivity contribution in [3.8, 4) is 5.75 Å². The molecule has 0 heterocycles. The molecule has 0 aliphatic heterocycles. The van der Waals surface area contributed by atoms with Gasteiger partial charge in [0.05, 0.1) is 0 Å². The Bertz CT molecular complexity index is 305. The van der Waals surface area contributed by atoms with Crippen molar-refractivity contribution in [1.82, 2.24) is 0 Å². The summed E-state index contributed by atoms with van der Waals surface area (Å²) in [6, 6.07) is 8.30. The van der Waals surface area contributed by atoms with Gasteiger partial charge in [0.25, 0.3) is 0 Å². The molecule has 1 aromatic rings. The van der Waals surface area contributed by atoms with E-state index >= 15 is 0 Å². The Morgan fingerprint density at radius 2 is 2.21 bits per heavy atom. The molecule has 1 nitrogen and oxygen atoms in total. The second-order valence-corrected chi connectivity index (χ2v) is 4.43. The van der Waals surface area contributed by atoms with Crippen LogP contribution in [-0.2, 0) is 6.42 Å². The van der Waals surface area contributed by atoms with Crippen LogP contribution in [0.15, 0.2) is 24.3 Å². The van der Waals surface area contributed by atoms with E-state index in [1.807, 2.05) is 12.1 Å². The summed E-state index contributed by atoms with van der Waals surface area (Å²) in [7, 11) is 0. The molecule has 1 fully saturated rings. The lowest BCUT2D eigenvalue weighted by atomic mass is 9.95. The third-order valence-corrected chi connectivity index (χ3v) is 3.00. The zero-order valence-electron chi connectivity index (χ0n) is 8.37. The molecule has 0 N–H and O–H groups in total. The number of hydrogen-bond donors (Lipinski definition) is 0. The lowest BCUT2D eigenvalue weighted by Crippen LogP contribution is -2.34. The van der Waals surface area contributed by atoms with Crippen LogP contribution in [0.2, 0.25) is 0 Å². The van der Waals surface area contributed by atoms with Crippen LogP contribution in [0.25, 0.3) is 0 Å². The van der Waals surface area contributed by atoms with Gasteiger partial charge in [0.15, 0.2) is 0 Å². The van der Waals surface area contributed by atoms with Crippen molar-refractivity contribution in [1.29, 1.82) is 0 Å². The first-order valence-corrected chi connectivity index (χ1v) is 5.61. The maximum atomic E-state index is 5.89. The highest BCUT2D eigenvalue weighted by Crippen LogP contribution is 2.29. The first kappa shape index (κ1) is 9.85. The molecule has 0 aromatic heterocycles. The van der Waals surface area contributed by atoms with Gasteiger partial charge in [-0.15, -0.1) is 11.6 Å². The number of rotatable bonds is 3. The van der Waals surface area contributed by atoms with E-state index in [2.05, 4.69) is 19.1 Å². The maximum Gasteiger partial charge on any atom is 0.119 e. The molecule has 0 radical (unpaired) electrons. The third kappa shape index (κ3) is 2.21. The summed E-state index contributed by atoms with van der Waals surface area (Å²) in [5, 5.41) is 0.328. The van der Waals surface area contributed by atoms with Crippen molar-refractivity contribution in [3.63, 3.8) is 0 Å². The topological polar surface area (TPSA) is 9.23 Å². The molecule has 0 amide bonds. The van der Waals surface area contributed by atoms with Gasteiger partial charge in [-0.05, 0) is 24.1 Å². The van der Waals surface area contributed by atoms with Crippen molar-refractivity contribution in [2.24, 2.45) is 0 Å². The lowest BCUT2D eigenvalue weighted by Gasteiger charge is -2.31. The Hall–Kier alpha value is -0.690. The summed E-state index contributed by atoms with van der Waals surface area (Å²) >= 11 is 5.89. The van der Waals surface area contributed by atoms with Crippen LogP contribution in [0.3, 0.4) is 0 Å². The molecule has 14 heavy (non-hydrogen) atoms. The maximum absolute atomic E-state index is 5.89. The number of alkyl halides is 1. The summed E-state index contributed by atoms with van der Waals surface area (Å²) in [4.78, 5) is 0. The van der Waals surface area contributed by atoms with Gasteiger partial charge >= 0.3 is 0 Å². The molecule has 1 saturated carbocycles. The van der Waals surface area contributed by atoms with Crippen LogP contribution in [-0.4, -0.2) is 11.5 Å². The summed E-state index contributed by atoms with van der Waals surface area (Å²) in [5.41, 5.74) is 1.32. The fourth-order valence-corrected chi connectivity index (χ4v) is 2.03. The van der Waals surface area contributed by atoms with Gasteiger partial charge in [-0.3, -0.25) is 0 Å². The third-order valence-electron chi connectivity index (χ3n) is 2.65.